The van der Waals surface area contributed by atoms with Crippen molar-refractivity contribution >= 4 is 47.4 Å². The van der Waals surface area contributed by atoms with Crippen LogP contribution in [-0.2, 0) is 52.4 Å². The fraction of sp³-hybridized carbons (Fsp3) is 0.452. The van der Waals surface area contributed by atoms with E-state index in [2.05, 4.69) is 5.32 Å². The number of hydrogen-bond donors (Lipinski definition) is 3. The molecule has 4 fully saturated rings. The third kappa shape index (κ3) is 10.6. The Morgan fingerprint density at radius 1 is 0.787 bits per heavy atom. The number of rotatable bonds is 16. The molecule has 18 heteroatoms. The summed E-state index contributed by atoms with van der Waals surface area (Å²) in [4.78, 5) is 116. The van der Waals surface area contributed by atoms with Crippen LogP contribution in [0.3, 0.4) is 0 Å². The van der Waals surface area contributed by atoms with E-state index in [0.29, 0.717) is 24.1 Å². The maximum absolute atomic E-state index is 15.9. The Bertz CT molecular complexity index is 3040. The van der Waals surface area contributed by atoms with Crippen LogP contribution in [0.5, 0.6) is 0 Å². The maximum Gasteiger partial charge on any atom is 0.350 e. The molecule has 2 amide bonds. The first kappa shape index (κ1) is 57.2. The number of benzene rings is 4. The molecule has 4 aromatic carbocycles. The van der Waals surface area contributed by atoms with E-state index >= 15 is 9.59 Å². The van der Waals surface area contributed by atoms with E-state index in [1.165, 1.54) is 26.0 Å². The largest absolute Gasteiger partial charge is 0.455 e. The number of ether oxygens (including phenoxy) is 6. The van der Waals surface area contributed by atoms with Crippen LogP contribution in [0.15, 0.2) is 132 Å². The molecule has 2 bridgehead atoms. The van der Waals surface area contributed by atoms with Gasteiger partial charge in [0.05, 0.1) is 29.6 Å². The van der Waals surface area contributed by atoms with Gasteiger partial charge in [-0.25, -0.2) is 9.59 Å². The fourth-order valence-electron chi connectivity index (χ4n) is 13.1. The Morgan fingerprint density at radius 2 is 1.39 bits per heavy atom. The van der Waals surface area contributed by atoms with Gasteiger partial charge in [0.15, 0.2) is 17.5 Å². The minimum absolute atomic E-state index is 0.0392. The maximum atomic E-state index is 15.9. The summed E-state index contributed by atoms with van der Waals surface area (Å²) < 4.78 is 37.3. The molecule has 80 heavy (non-hydrogen) atoms. The summed E-state index contributed by atoms with van der Waals surface area (Å²) in [5.41, 5.74) is -6.91. The second kappa shape index (κ2) is 22.9. The van der Waals surface area contributed by atoms with Gasteiger partial charge in [-0.2, -0.15) is 0 Å². The number of amides is 2. The van der Waals surface area contributed by atoms with Gasteiger partial charge in [0.1, 0.15) is 30.0 Å². The lowest BCUT2D eigenvalue weighted by molar-refractivity contribution is -0.346. The zero-order valence-corrected chi connectivity index (χ0v) is 45.7. The summed E-state index contributed by atoms with van der Waals surface area (Å²) in [5.74, 6) is -7.96. The van der Waals surface area contributed by atoms with Gasteiger partial charge >= 0.3 is 29.8 Å². The topological polar surface area (TPSA) is 248 Å². The molecule has 2 aliphatic heterocycles. The fourth-order valence-corrected chi connectivity index (χ4v) is 13.1. The number of hydrogen-bond acceptors (Lipinski definition) is 16. The summed E-state index contributed by atoms with van der Waals surface area (Å²) in [7, 11) is 0. The number of fused-ring (bicyclic) bond motifs is 5. The molecule has 0 unspecified atom stereocenters. The number of carbonyl (C=O) groups excluding carboxylic acids is 8. The molecule has 5 aliphatic rings. The Hall–Kier alpha value is -7.54. The lowest BCUT2D eigenvalue weighted by atomic mass is 9.44. The van der Waals surface area contributed by atoms with Crippen molar-refractivity contribution in [3.63, 3.8) is 0 Å². The van der Waals surface area contributed by atoms with E-state index in [-0.39, 0.29) is 60.1 Å². The lowest BCUT2D eigenvalue weighted by Gasteiger charge is -2.67. The van der Waals surface area contributed by atoms with Crippen LogP contribution in [0.4, 0.5) is 0 Å². The van der Waals surface area contributed by atoms with Crippen LogP contribution >= 0.6 is 0 Å². The second-order valence-corrected chi connectivity index (χ2v) is 22.4. The Balaban J connectivity index is 1.13. The standard InChI is InChI=1S/C62H68N2O16/c1-36-44(34-62(74)54(79-57(72)42-27-17-10-18-28-42)52-60(6,45(67)33-46-61(52,35-75-46)80-38(3)66)53(69)50(76-37(2)65)48(36)59(62,4)5)77-58(73)51(49(39-21-11-7-12-22-39)63-55(70)40-23-13-8-14-24-40)78-47(68)31-19-29-43-30-20-32-64(43)56(71)41-25-15-9-16-26-41/h7-18,21-28,43-46,49-52,54,67,74H,19-20,29-35H2,1-6H3,(H,63,70)/t43-,44+,45+,46-,49+,50-,51-,52+,54+,60-,61+,62-/m1/s1. The van der Waals surface area contributed by atoms with Gasteiger partial charge in [0, 0.05) is 62.2 Å². The van der Waals surface area contributed by atoms with Gasteiger partial charge in [-0.05, 0) is 92.6 Å². The second-order valence-electron chi connectivity index (χ2n) is 22.4. The highest BCUT2D eigenvalue weighted by molar-refractivity contribution is 5.97. The van der Waals surface area contributed by atoms with Gasteiger partial charge in [-0.1, -0.05) is 98.8 Å². The predicted molar refractivity (Wildman–Crippen MR) is 286 cm³/mol. The van der Waals surface area contributed by atoms with E-state index in [4.69, 9.17) is 28.4 Å². The first-order valence-corrected chi connectivity index (χ1v) is 27.2. The van der Waals surface area contributed by atoms with Gasteiger partial charge in [-0.3, -0.25) is 28.8 Å². The molecule has 3 aliphatic carbocycles. The average Bonchev–Trinajstić information content (AvgIpc) is 2.79. The summed E-state index contributed by atoms with van der Waals surface area (Å²) in [5, 5.41) is 29.3. The van der Waals surface area contributed by atoms with Crippen LogP contribution in [0.2, 0.25) is 0 Å². The van der Waals surface area contributed by atoms with Gasteiger partial charge < -0.3 is 48.9 Å². The van der Waals surface area contributed by atoms with E-state index in [1.807, 2.05) is 6.07 Å². The molecule has 18 nitrogen and oxygen atoms in total. The van der Waals surface area contributed by atoms with E-state index in [0.717, 1.165) is 26.7 Å². The average molecular weight is 1100 g/mol. The molecule has 9 rings (SSSR count). The van der Waals surface area contributed by atoms with Crippen molar-refractivity contribution in [2.45, 2.75) is 146 Å². The van der Waals surface area contributed by atoms with Crippen molar-refractivity contribution in [2.24, 2.45) is 16.7 Å². The van der Waals surface area contributed by atoms with Crippen LogP contribution in [-0.4, -0.2) is 130 Å². The number of aliphatic hydroxyl groups is 2. The minimum atomic E-state index is -2.48. The number of Topliss-reactive ketones (excluding diaryl/α,β-unsaturated/α-hetero) is 1. The highest BCUT2D eigenvalue weighted by Gasteiger charge is 2.78. The van der Waals surface area contributed by atoms with Crippen molar-refractivity contribution in [1.82, 2.24) is 10.2 Å². The normalized spacial score (nSPS) is 29.1. The summed E-state index contributed by atoms with van der Waals surface area (Å²) >= 11 is 0. The molecule has 0 radical (unpaired) electrons. The number of esters is 5. The summed E-state index contributed by atoms with van der Waals surface area (Å²) in [6.07, 6.45) is -8.82. The molecule has 0 spiro atoms. The monoisotopic (exact) mass is 1100 g/mol. The minimum Gasteiger partial charge on any atom is -0.455 e. The first-order chi connectivity index (χ1) is 38.1. The van der Waals surface area contributed by atoms with Gasteiger partial charge in [0.25, 0.3) is 11.8 Å². The zero-order chi connectivity index (χ0) is 57.3. The molecule has 2 heterocycles. The molecule has 3 N–H and O–H groups in total. The van der Waals surface area contributed by atoms with Gasteiger partial charge in [-0.15, -0.1) is 0 Å². The highest BCUT2D eigenvalue weighted by Crippen LogP contribution is 2.64. The highest BCUT2D eigenvalue weighted by atomic mass is 16.6. The summed E-state index contributed by atoms with van der Waals surface area (Å²) in [6.45, 7) is 8.48. The molecular formula is C62H68N2O16. The molecule has 422 valence electrons. The van der Waals surface area contributed by atoms with Crippen LogP contribution < -0.4 is 5.32 Å². The SMILES string of the molecule is CC(=O)O[C@H]1C(=O)[C@@]2(C)[C@H]([C@H](OC(=O)c3ccccc3)[C@]3(O)C[C@H](OC(=O)[C@H](OC(=O)CCC[C@@H]4CCCN4C(=O)c4ccccc4)[C@@H](NC(=O)c4ccccc4)c4ccccc4)C(C)=C1C3(C)C)[C@]1(OC(C)=O)CO[C@@H]1C[C@@H]2O. The van der Waals surface area contributed by atoms with Crippen molar-refractivity contribution < 1.29 is 77.0 Å². The third-order valence-electron chi connectivity index (χ3n) is 17.3. The van der Waals surface area contributed by atoms with E-state index < -0.39 is 119 Å². The Morgan fingerprint density at radius 3 is 1.98 bits per heavy atom. The van der Waals surface area contributed by atoms with Crippen LogP contribution in [0, 0.1) is 16.7 Å². The smallest absolute Gasteiger partial charge is 0.350 e. The van der Waals surface area contributed by atoms with Crippen molar-refractivity contribution in [2.75, 3.05) is 13.2 Å². The number of nitrogens with one attached hydrogen (secondary N) is 1. The third-order valence-corrected chi connectivity index (χ3v) is 17.3. The number of aliphatic hydroxyl groups excluding tert-OH is 1. The lowest BCUT2D eigenvalue weighted by Crippen LogP contribution is -2.82. The number of ketones is 1. The Kier molecular flexibility index (Phi) is 16.4. The predicted octanol–water partition coefficient (Wildman–Crippen LogP) is 6.76. The van der Waals surface area contributed by atoms with Crippen LogP contribution in [0.25, 0.3) is 0 Å². The number of carbonyl (C=O) groups is 8. The molecule has 2 saturated heterocycles. The molecule has 2 saturated carbocycles. The summed E-state index contributed by atoms with van der Waals surface area (Å²) in [6, 6.07) is 31.7. The molecule has 4 aromatic rings. The van der Waals surface area contributed by atoms with Crippen molar-refractivity contribution in [3.8, 4) is 0 Å². The molecular weight excluding hydrogens is 1030 g/mol. The van der Waals surface area contributed by atoms with Crippen molar-refractivity contribution in [1.29, 1.82) is 0 Å². The quantitative estimate of drug-likeness (QED) is 0.0596. The zero-order valence-electron chi connectivity index (χ0n) is 45.7. The van der Waals surface area contributed by atoms with Crippen LogP contribution in [0.1, 0.15) is 129 Å². The Labute approximate surface area is 464 Å². The van der Waals surface area contributed by atoms with E-state index in [9.17, 15) is 39.0 Å². The molecule has 12 atom stereocenters. The molecule has 0 aromatic heterocycles. The van der Waals surface area contributed by atoms with Crippen molar-refractivity contribution in [3.05, 3.63) is 155 Å². The number of nitrogens with zero attached hydrogens (tertiary/aromatic N) is 1. The van der Waals surface area contributed by atoms with Gasteiger partial charge in [0.2, 0.25) is 6.10 Å². The first-order valence-electron chi connectivity index (χ1n) is 27.2. The van der Waals surface area contributed by atoms with E-state index in [1.54, 1.807) is 122 Å². The number of likely N-dealkylation sites (tertiary alicyclic amines) is 1.